The molecule has 1 atom stereocenters. The molecule has 0 aliphatic carbocycles. The molecule has 0 spiro atoms. The molecule has 2 N–H and O–H groups in total. The van der Waals surface area contributed by atoms with Gasteiger partial charge in [0, 0.05) is 25.3 Å². The molecule has 0 radical (unpaired) electrons. The van der Waals surface area contributed by atoms with Gasteiger partial charge in [0.1, 0.15) is 0 Å². The van der Waals surface area contributed by atoms with Crippen LogP contribution in [0.25, 0.3) is 0 Å². The maximum Gasteiger partial charge on any atom is 0.151 e. The lowest BCUT2D eigenvalue weighted by Crippen LogP contribution is -2.35. The third-order valence-corrected chi connectivity index (χ3v) is 2.50. The molecule has 0 aromatic carbocycles. The van der Waals surface area contributed by atoms with Crippen LogP contribution in [0, 0.1) is 0 Å². The lowest BCUT2D eigenvalue weighted by molar-refractivity contribution is 0.667. The van der Waals surface area contributed by atoms with E-state index in [4.69, 9.17) is 5.73 Å². The van der Waals surface area contributed by atoms with Crippen molar-refractivity contribution >= 4 is 5.82 Å². The molecule has 0 amide bonds. The fraction of sp³-hybridized carbons (Fsp3) is 0.556. The van der Waals surface area contributed by atoms with Crippen LogP contribution < -0.4 is 10.6 Å². The van der Waals surface area contributed by atoms with Crippen LogP contribution in [-0.4, -0.2) is 29.3 Å². The summed E-state index contributed by atoms with van der Waals surface area (Å²) in [5, 5.41) is 7.94. The molecule has 1 aromatic rings. The van der Waals surface area contributed by atoms with Crippen molar-refractivity contribution in [1.82, 2.24) is 10.2 Å². The smallest absolute Gasteiger partial charge is 0.151 e. The van der Waals surface area contributed by atoms with Gasteiger partial charge in [-0.15, -0.1) is 5.10 Å². The van der Waals surface area contributed by atoms with Gasteiger partial charge in [-0.05, 0) is 25.0 Å². The van der Waals surface area contributed by atoms with Gasteiger partial charge < -0.3 is 10.6 Å². The van der Waals surface area contributed by atoms with E-state index in [2.05, 4.69) is 15.1 Å². The van der Waals surface area contributed by atoms with Gasteiger partial charge in [0.2, 0.25) is 0 Å². The van der Waals surface area contributed by atoms with Gasteiger partial charge in [-0.25, -0.2) is 0 Å². The van der Waals surface area contributed by atoms with Crippen LogP contribution >= 0.6 is 0 Å². The largest absolute Gasteiger partial charge is 0.351 e. The Morgan fingerprint density at radius 2 is 2.54 bits per heavy atom. The van der Waals surface area contributed by atoms with Crippen molar-refractivity contribution in [2.75, 3.05) is 18.0 Å². The SMILES string of the molecule is NC[C@H]1CCCN1c1cccnn1. The van der Waals surface area contributed by atoms with Crippen LogP contribution in [0.2, 0.25) is 0 Å². The van der Waals surface area contributed by atoms with Gasteiger partial charge in [-0.2, -0.15) is 5.10 Å². The predicted octanol–water partition coefficient (Wildman–Crippen LogP) is 0.404. The maximum atomic E-state index is 5.67. The number of hydrogen-bond donors (Lipinski definition) is 1. The molecular formula is C9H14N4. The molecular weight excluding hydrogens is 164 g/mol. The fourth-order valence-corrected chi connectivity index (χ4v) is 1.83. The lowest BCUT2D eigenvalue weighted by atomic mass is 10.2. The second kappa shape index (κ2) is 3.70. The van der Waals surface area contributed by atoms with Crippen molar-refractivity contribution < 1.29 is 0 Å². The van der Waals surface area contributed by atoms with Crippen molar-refractivity contribution in [2.45, 2.75) is 18.9 Å². The summed E-state index contributed by atoms with van der Waals surface area (Å²) in [6.07, 6.45) is 4.07. The highest BCUT2D eigenvalue weighted by molar-refractivity contribution is 5.39. The molecule has 4 heteroatoms. The number of aromatic nitrogens is 2. The van der Waals surface area contributed by atoms with E-state index in [1.54, 1.807) is 6.20 Å². The summed E-state index contributed by atoms with van der Waals surface area (Å²) >= 11 is 0. The Hall–Kier alpha value is -1.16. The Labute approximate surface area is 77.8 Å². The zero-order valence-corrected chi connectivity index (χ0v) is 7.56. The first kappa shape index (κ1) is 8.44. The second-order valence-corrected chi connectivity index (χ2v) is 3.31. The first-order chi connectivity index (χ1) is 6.42. The highest BCUT2D eigenvalue weighted by Gasteiger charge is 2.23. The van der Waals surface area contributed by atoms with Gasteiger partial charge in [0.15, 0.2) is 5.82 Å². The monoisotopic (exact) mass is 178 g/mol. The first-order valence-corrected chi connectivity index (χ1v) is 4.66. The van der Waals surface area contributed by atoms with E-state index in [1.807, 2.05) is 12.1 Å². The summed E-state index contributed by atoms with van der Waals surface area (Å²) in [5.74, 6) is 0.954. The quantitative estimate of drug-likeness (QED) is 0.712. The molecule has 2 heterocycles. The highest BCUT2D eigenvalue weighted by Crippen LogP contribution is 2.21. The Morgan fingerprint density at radius 1 is 1.62 bits per heavy atom. The molecule has 1 aliphatic heterocycles. The molecule has 0 bridgehead atoms. The molecule has 0 unspecified atom stereocenters. The lowest BCUT2D eigenvalue weighted by Gasteiger charge is -2.23. The number of hydrogen-bond acceptors (Lipinski definition) is 4. The van der Waals surface area contributed by atoms with Gasteiger partial charge in [0.25, 0.3) is 0 Å². The Morgan fingerprint density at radius 3 is 3.23 bits per heavy atom. The summed E-state index contributed by atoms with van der Waals surface area (Å²) in [5.41, 5.74) is 5.67. The Bertz CT molecular complexity index is 262. The van der Waals surface area contributed by atoms with E-state index in [-0.39, 0.29) is 0 Å². The van der Waals surface area contributed by atoms with E-state index in [1.165, 1.54) is 12.8 Å². The topological polar surface area (TPSA) is 55.0 Å². The van der Waals surface area contributed by atoms with Crippen molar-refractivity contribution in [2.24, 2.45) is 5.73 Å². The number of nitrogens with zero attached hydrogens (tertiary/aromatic N) is 3. The average Bonchev–Trinajstić information content (AvgIpc) is 2.67. The van der Waals surface area contributed by atoms with E-state index in [0.717, 1.165) is 12.4 Å². The normalized spacial score (nSPS) is 22.2. The average molecular weight is 178 g/mol. The number of anilines is 1. The zero-order valence-electron chi connectivity index (χ0n) is 7.56. The molecule has 2 rings (SSSR count). The molecule has 70 valence electrons. The Balaban J connectivity index is 2.16. The minimum atomic E-state index is 0.455. The van der Waals surface area contributed by atoms with Crippen LogP contribution in [0.4, 0.5) is 5.82 Å². The highest BCUT2D eigenvalue weighted by atomic mass is 15.3. The van der Waals surface area contributed by atoms with Crippen LogP contribution in [0.15, 0.2) is 18.3 Å². The van der Waals surface area contributed by atoms with Crippen LogP contribution in [0.5, 0.6) is 0 Å². The summed E-state index contributed by atoms with van der Waals surface area (Å²) in [7, 11) is 0. The van der Waals surface area contributed by atoms with Crippen molar-refractivity contribution in [1.29, 1.82) is 0 Å². The molecule has 4 nitrogen and oxygen atoms in total. The molecule has 0 saturated carbocycles. The van der Waals surface area contributed by atoms with E-state index < -0.39 is 0 Å². The van der Waals surface area contributed by atoms with Crippen molar-refractivity contribution in [3.05, 3.63) is 18.3 Å². The van der Waals surface area contributed by atoms with Crippen LogP contribution in [-0.2, 0) is 0 Å². The molecule has 1 saturated heterocycles. The molecule has 1 aliphatic rings. The minimum Gasteiger partial charge on any atom is -0.351 e. The Kier molecular flexibility index (Phi) is 2.40. The number of nitrogens with two attached hydrogens (primary N) is 1. The third kappa shape index (κ3) is 1.62. The van der Waals surface area contributed by atoms with Gasteiger partial charge in [0.05, 0.1) is 0 Å². The molecule has 13 heavy (non-hydrogen) atoms. The molecule has 1 fully saturated rings. The standard InChI is InChI=1S/C9H14N4/c10-7-8-3-2-6-13(8)9-4-1-5-11-12-9/h1,4-5,8H,2-3,6-7,10H2/t8-/m1/s1. The zero-order chi connectivity index (χ0) is 9.10. The predicted molar refractivity (Wildman–Crippen MR) is 51.5 cm³/mol. The fourth-order valence-electron chi connectivity index (χ4n) is 1.83. The summed E-state index contributed by atoms with van der Waals surface area (Å²) < 4.78 is 0. The van der Waals surface area contributed by atoms with Gasteiger partial charge >= 0.3 is 0 Å². The van der Waals surface area contributed by atoms with Crippen LogP contribution in [0.1, 0.15) is 12.8 Å². The summed E-state index contributed by atoms with van der Waals surface area (Å²) in [6.45, 7) is 1.76. The van der Waals surface area contributed by atoms with E-state index >= 15 is 0 Å². The summed E-state index contributed by atoms with van der Waals surface area (Å²) in [4.78, 5) is 2.24. The van der Waals surface area contributed by atoms with Crippen molar-refractivity contribution in [3.8, 4) is 0 Å². The van der Waals surface area contributed by atoms with Gasteiger partial charge in [-0.1, -0.05) is 0 Å². The first-order valence-electron chi connectivity index (χ1n) is 4.66. The third-order valence-electron chi connectivity index (χ3n) is 2.50. The maximum absolute atomic E-state index is 5.67. The van der Waals surface area contributed by atoms with E-state index in [9.17, 15) is 0 Å². The molecule has 1 aromatic heterocycles. The van der Waals surface area contributed by atoms with E-state index in [0.29, 0.717) is 12.6 Å². The number of rotatable bonds is 2. The van der Waals surface area contributed by atoms with Gasteiger partial charge in [-0.3, -0.25) is 0 Å². The van der Waals surface area contributed by atoms with Crippen molar-refractivity contribution in [3.63, 3.8) is 0 Å². The minimum absolute atomic E-state index is 0.455. The van der Waals surface area contributed by atoms with Crippen LogP contribution in [0.3, 0.4) is 0 Å². The second-order valence-electron chi connectivity index (χ2n) is 3.31. The summed E-state index contributed by atoms with van der Waals surface area (Å²) in [6, 6.07) is 4.35.